The molecule has 0 bridgehead atoms. The normalized spacial score (nSPS) is 11.5. The van der Waals surface area contributed by atoms with Gasteiger partial charge in [-0.2, -0.15) is 0 Å². The Kier molecular flexibility index (Phi) is 7.29. The Balaban J connectivity index is 3.60. The molecule has 0 saturated heterocycles. The second kappa shape index (κ2) is 7.62. The van der Waals surface area contributed by atoms with Crippen LogP contribution in [-0.4, -0.2) is 50.0 Å². The van der Waals surface area contributed by atoms with Gasteiger partial charge in [0.2, 0.25) is 5.91 Å². The zero-order valence-electron chi connectivity index (χ0n) is 9.80. The average molecular weight is 218 g/mol. The van der Waals surface area contributed by atoms with Gasteiger partial charge in [0.15, 0.2) is 0 Å². The molecule has 0 saturated carbocycles. The predicted octanol–water partition coefficient (Wildman–Crippen LogP) is -0.500. The molecule has 0 aliphatic carbocycles. The highest BCUT2D eigenvalue weighted by atomic mass is 16.5. The number of amides is 1. The van der Waals surface area contributed by atoms with Gasteiger partial charge in [0.25, 0.3) is 0 Å². The van der Waals surface area contributed by atoms with Gasteiger partial charge in [0.05, 0.1) is 13.2 Å². The molecule has 0 atom stereocenters. The summed E-state index contributed by atoms with van der Waals surface area (Å²) in [5.41, 5.74) is -0.215. The largest absolute Gasteiger partial charge is 0.396 e. The third kappa shape index (κ3) is 8.35. The molecule has 15 heavy (non-hydrogen) atoms. The van der Waals surface area contributed by atoms with Gasteiger partial charge >= 0.3 is 0 Å². The van der Waals surface area contributed by atoms with Gasteiger partial charge in [0.1, 0.15) is 0 Å². The van der Waals surface area contributed by atoms with Crippen molar-refractivity contribution in [1.82, 2.24) is 10.6 Å². The minimum absolute atomic E-state index is 0.0573. The molecular weight excluding hydrogens is 196 g/mol. The number of ether oxygens (including phenoxy) is 1. The molecule has 0 aromatic rings. The van der Waals surface area contributed by atoms with Crippen molar-refractivity contribution in [2.45, 2.75) is 25.8 Å². The Morgan fingerprint density at radius 3 is 2.67 bits per heavy atom. The minimum Gasteiger partial charge on any atom is -0.396 e. The quantitative estimate of drug-likeness (QED) is 0.480. The van der Waals surface area contributed by atoms with Crippen molar-refractivity contribution in [2.24, 2.45) is 0 Å². The fourth-order valence-corrected chi connectivity index (χ4v) is 1.04. The van der Waals surface area contributed by atoms with Crippen LogP contribution < -0.4 is 10.6 Å². The second-order valence-electron chi connectivity index (χ2n) is 4.05. The smallest absolute Gasteiger partial charge is 0.234 e. The highest BCUT2D eigenvalue weighted by Crippen LogP contribution is 2.05. The van der Waals surface area contributed by atoms with E-state index in [1.54, 1.807) is 7.11 Å². The van der Waals surface area contributed by atoms with E-state index in [1.165, 1.54) is 0 Å². The van der Waals surface area contributed by atoms with Gasteiger partial charge in [-0.15, -0.1) is 0 Å². The highest BCUT2D eigenvalue weighted by molar-refractivity contribution is 5.78. The molecule has 5 heteroatoms. The summed E-state index contributed by atoms with van der Waals surface area (Å²) in [7, 11) is 1.59. The zero-order valence-corrected chi connectivity index (χ0v) is 9.80. The molecular formula is C10H22N2O3. The van der Waals surface area contributed by atoms with E-state index < -0.39 is 0 Å². The molecule has 5 nitrogen and oxygen atoms in total. The molecule has 0 spiro atoms. The van der Waals surface area contributed by atoms with Gasteiger partial charge in [-0.05, 0) is 20.3 Å². The Bertz CT molecular complexity index is 184. The molecule has 90 valence electrons. The number of nitrogens with one attached hydrogen (secondary N) is 2. The molecule has 0 aliphatic heterocycles. The third-order valence-corrected chi connectivity index (χ3v) is 2.09. The van der Waals surface area contributed by atoms with Crippen molar-refractivity contribution >= 4 is 5.91 Å². The Hall–Kier alpha value is -0.650. The van der Waals surface area contributed by atoms with Crippen LogP contribution in [0.5, 0.6) is 0 Å². The van der Waals surface area contributed by atoms with Crippen LogP contribution in [0.3, 0.4) is 0 Å². The number of aliphatic hydroxyl groups excluding tert-OH is 1. The van der Waals surface area contributed by atoms with Crippen molar-refractivity contribution in [3.8, 4) is 0 Å². The summed E-state index contributed by atoms with van der Waals surface area (Å²) in [4.78, 5) is 11.3. The van der Waals surface area contributed by atoms with Crippen molar-refractivity contribution in [3.05, 3.63) is 0 Å². The van der Waals surface area contributed by atoms with Gasteiger partial charge in [0, 0.05) is 25.8 Å². The van der Waals surface area contributed by atoms with E-state index >= 15 is 0 Å². The lowest BCUT2D eigenvalue weighted by molar-refractivity contribution is -0.120. The maximum absolute atomic E-state index is 11.3. The van der Waals surface area contributed by atoms with Crippen LogP contribution >= 0.6 is 0 Å². The van der Waals surface area contributed by atoms with E-state index in [2.05, 4.69) is 10.6 Å². The molecule has 0 aliphatic rings. The molecule has 1 amide bonds. The predicted molar refractivity (Wildman–Crippen MR) is 58.7 cm³/mol. The zero-order chi connectivity index (χ0) is 11.7. The van der Waals surface area contributed by atoms with Crippen LogP contribution in [-0.2, 0) is 9.53 Å². The molecule has 0 radical (unpaired) electrons. The van der Waals surface area contributed by atoms with Gasteiger partial charge < -0.3 is 20.5 Å². The first-order valence-electron chi connectivity index (χ1n) is 5.13. The number of hydrogen-bond donors (Lipinski definition) is 3. The van der Waals surface area contributed by atoms with E-state index in [9.17, 15) is 4.79 Å². The Morgan fingerprint density at radius 1 is 1.47 bits per heavy atom. The number of hydrogen-bond acceptors (Lipinski definition) is 4. The molecule has 0 fully saturated rings. The first kappa shape index (κ1) is 14.3. The summed E-state index contributed by atoms with van der Waals surface area (Å²) in [5.74, 6) is -0.0573. The molecule has 0 rings (SSSR count). The average Bonchev–Trinajstić information content (AvgIpc) is 2.15. The lowest BCUT2D eigenvalue weighted by Crippen LogP contribution is -2.46. The number of carbonyl (C=O) groups excluding carboxylic acids is 1. The van der Waals surface area contributed by atoms with Gasteiger partial charge in [-0.1, -0.05) is 0 Å². The van der Waals surface area contributed by atoms with Crippen LogP contribution in [0, 0.1) is 0 Å². The molecule has 3 N–H and O–H groups in total. The number of methoxy groups -OCH3 is 1. The number of rotatable bonds is 8. The van der Waals surface area contributed by atoms with Crippen molar-refractivity contribution in [3.63, 3.8) is 0 Å². The molecule has 0 aromatic carbocycles. The molecule has 0 heterocycles. The number of carbonyl (C=O) groups is 1. The third-order valence-electron chi connectivity index (χ3n) is 2.09. The van der Waals surface area contributed by atoms with Crippen LogP contribution in [0.1, 0.15) is 20.3 Å². The fourth-order valence-electron chi connectivity index (χ4n) is 1.04. The highest BCUT2D eigenvalue weighted by Gasteiger charge is 2.16. The first-order valence-corrected chi connectivity index (χ1v) is 5.13. The summed E-state index contributed by atoms with van der Waals surface area (Å²) in [5, 5.41) is 14.6. The summed E-state index contributed by atoms with van der Waals surface area (Å²) < 4.78 is 4.81. The molecule has 0 unspecified atom stereocenters. The van der Waals surface area contributed by atoms with Crippen LogP contribution in [0.15, 0.2) is 0 Å². The number of aliphatic hydroxyl groups is 1. The summed E-state index contributed by atoms with van der Waals surface area (Å²) >= 11 is 0. The molecule has 0 aromatic heterocycles. The van der Waals surface area contributed by atoms with E-state index in [0.29, 0.717) is 19.6 Å². The topological polar surface area (TPSA) is 70.6 Å². The van der Waals surface area contributed by atoms with Crippen LogP contribution in [0.4, 0.5) is 0 Å². The van der Waals surface area contributed by atoms with E-state index in [1.807, 2.05) is 13.8 Å². The second-order valence-corrected chi connectivity index (χ2v) is 4.05. The SMILES string of the molecule is COCCNC(=O)CNC(C)(C)CCO. The lowest BCUT2D eigenvalue weighted by atomic mass is 10.0. The first-order chi connectivity index (χ1) is 7.02. The van der Waals surface area contributed by atoms with Crippen molar-refractivity contribution < 1.29 is 14.6 Å². The van der Waals surface area contributed by atoms with E-state index in [4.69, 9.17) is 9.84 Å². The van der Waals surface area contributed by atoms with Crippen LogP contribution in [0.25, 0.3) is 0 Å². The Labute approximate surface area is 91.2 Å². The van der Waals surface area contributed by atoms with Gasteiger partial charge in [-0.3, -0.25) is 4.79 Å². The monoisotopic (exact) mass is 218 g/mol. The summed E-state index contributed by atoms with van der Waals surface area (Å²) in [6, 6.07) is 0. The van der Waals surface area contributed by atoms with Gasteiger partial charge in [-0.25, -0.2) is 0 Å². The van der Waals surface area contributed by atoms with E-state index in [0.717, 1.165) is 0 Å². The summed E-state index contributed by atoms with van der Waals surface area (Å²) in [6.07, 6.45) is 0.623. The fraction of sp³-hybridized carbons (Fsp3) is 0.900. The maximum atomic E-state index is 11.3. The van der Waals surface area contributed by atoms with E-state index in [-0.39, 0.29) is 24.6 Å². The van der Waals surface area contributed by atoms with Crippen LogP contribution in [0.2, 0.25) is 0 Å². The maximum Gasteiger partial charge on any atom is 0.234 e. The van der Waals surface area contributed by atoms with Crippen molar-refractivity contribution in [2.75, 3.05) is 33.4 Å². The Morgan fingerprint density at radius 2 is 2.13 bits per heavy atom. The minimum atomic E-state index is -0.215. The lowest BCUT2D eigenvalue weighted by Gasteiger charge is -2.25. The standard InChI is InChI=1S/C10H22N2O3/c1-10(2,4-6-13)12-8-9(14)11-5-7-15-3/h12-13H,4-8H2,1-3H3,(H,11,14). The summed E-state index contributed by atoms with van der Waals surface area (Å²) in [6.45, 7) is 5.32. The van der Waals surface area contributed by atoms with Crippen molar-refractivity contribution in [1.29, 1.82) is 0 Å².